The highest BCUT2D eigenvalue weighted by atomic mass is 32.1. The van der Waals surface area contributed by atoms with E-state index in [1.54, 1.807) is 4.52 Å². The fourth-order valence-corrected chi connectivity index (χ4v) is 3.51. The minimum absolute atomic E-state index is 0.141. The van der Waals surface area contributed by atoms with Crippen molar-refractivity contribution in [3.8, 4) is 16.3 Å². The monoisotopic (exact) mass is 364 g/mol. The van der Waals surface area contributed by atoms with Gasteiger partial charge in [0.2, 0.25) is 4.96 Å². The summed E-state index contributed by atoms with van der Waals surface area (Å²) in [5.41, 5.74) is 2.53. The molecule has 0 atom stereocenters. The van der Waals surface area contributed by atoms with Crippen LogP contribution in [-0.2, 0) is 12.0 Å². The number of hydrogen-bond donors (Lipinski definition) is 0. The van der Waals surface area contributed by atoms with Gasteiger partial charge in [0.25, 0.3) is 0 Å². The van der Waals surface area contributed by atoms with Gasteiger partial charge in [-0.3, -0.25) is 0 Å². The van der Waals surface area contributed by atoms with Crippen LogP contribution in [0.3, 0.4) is 0 Å². The molecular weight excluding hydrogens is 344 g/mol. The highest BCUT2D eigenvalue weighted by Crippen LogP contribution is 2.29. The fourth-order valence-electron chi connectivity index (χ4n) is 2.64. The van der Waals surface area contributed by atoms with Crippen LogP contribution in [0.4, 0.5) is 0 Å². The van der Waals surface area contributed by atoms with E-state index in [4.69, 9.17) is 4.74 Å². The minimum atomic E-state index is 0.141. The second kappa shape index (κ2) is 6.53. The SMILES string of the molecule is CC(C)(C)c1ccc(-c2nn3c(COc4ccccc4)nnc3s2)cc1. The topological polar surface area (TPSA) is 52.3 Å². The molecule has 2 aromatic heterocycles. The number of benzene rings is 2. The second-order valence-corrected chi connectivity index (χ2v) is 8.10. The minimum Gasteiger partial charge on any atom is -0.486 e. The zero-order valence-electron chi connectivity index (χ0n) is 15.0. The van der Waals surface area contributed by atoms with Crippen LogP contribution in [0.15, 0.2) is 54.6 Å². The molecule has 6 heteroatoms. The number of hydrogen-bond acceptors (Lipinski definition) is 5. The Morgan fingerprint density at radius 3 is 2.38 bits per heavy atom. The summed E-state index contributed by atoms with van der Waals surface area (Å²) in [5, 5.41) is 14.0. The van der Waals surface area contributed by atoms with Gasteiger partial charge >= 0.3 is 0 Å². The summed E-state index contributed by atoms with van der Waals surface area (Å²) >= 11 is 1.53. The Labute approximate surface area is 156 Å². The van der Waals surface area contributed by atoms with Gasteiger partial charge in [-0.05, 0) is 23.1 Å². The molecule has 2 heterocycles. The Hall–Kier alpha value is -2.73. The summed E-state index contributed by atoms with van der Waals surface area (Å²) in [7, 11) is 0. The molecule has 4 aromatic rings. The fraction of sp³-hybridized carbons (Fsp3) is 0.250. The molecule has 0 amide bonds. The molecule has 26 heavy (non-hydrogen) atoms. The van der Waals surface area contributed by atoms with Gasteiger partial charge in [0.15, 0.2) is 5.82 Å². The molecule has 0 spiro atoms. The Bertz CT molecular complexity index is 1010. The molecule has 0 radical (unpaired) electrons. The van der Waals surface area contributed by atoms with Crippen LogP contribution in [-0.4, -0.2) is 19.8 Å². The Kier molecular flexibility index (Phi) is 4.20. The lowest BCUT2D eigenvalue weighted by atomic mass is 9.87. The molecule has 0 saturated carbocycles. The van der Waals surface area contributed by atoms with Gasteiger partial charge in [-0.1, -0.05) is 74.6 Å². The summed E-state index contributed by atoms with van der Waals surface area (Å²) in [6.07, 6.45) is 0. The molecule has 0 saturated heterocycles. The van der Waals surface area contributed by atoms with E-state index >= 15 is 0 Å². The number of ether oxygens (including phenoxy) is 1. The lowest BCUT2D eigenvalue weighted by molar-refractivity contribution is 0.293. The molecule has 0 N–H and O–H groups in total. The van der Waals surface area contributed by atoms with Crippen molar-refractivity contribution in [2.24, 2.45) is 0 Å². The standard InChI is InChI=1S/C20H20N4OS/c1-20(2,3)15-11-9-14(10-12-15)18-23-24-17(21-22-19(24)26-18)13-25-16-7-5-4-6-8-16/h4-12H,13H2,1-3H3. The first kappa shape index (κ1) is 16.7. The molecule has 0 unspecified atom stereocenters. The number of nitrogens with zero attached hydrogens (tertiary/aromatic N) is 4. The Morgan fingerprint density at radius 2 is 1.69 bits per heavy atom. The maximum Gasteiger partial charge on any atom is 0.235 e. The summed E-state index contributed by atoms with van der Waals surface area (Å²) in [5.74, 6) is 1.50. The van der Waals surface area contributed by atoms with Crippen LogP contribution >= 0.6 is 11.3 Å². The molecule has 132 valence electrons. The number of fused-ring (bicyclic) bond motifs is 1. The van der Waals surface area contributed by atoms with E-state index in [2.05, 4.69) is 60.3 Å². The first-order valence-corrected chi connectivity index (χ1v) is 9.32. The van der Waals surface area contributed by atoms with Crippen LogP contribution in [0.1, 0.15) is 32.2 Å². The van der Waals surface area contributed by atoms with Crippen LogP contribution in [0.25, 0.3) is 15.5 Å². The lowest BCUT2D eigenvalue weighted by Gasteiger charge is -2.18. The van der Waals surface area contributed by atoms with Gasteiger partial charge in [0.1, 0.15) is 17.4 Å². The zero-order chi connectivity index (χ0) is 18.1. The molecule has 0 aliphatic rings. The normalized spacial score (nSPS) is 11.8. The zero-order valence-corrected chi connectivity index (χ0v) is 15.8. The molecular formula is C20H20N4OS. The smallest absolute Gasteiger partial charge is 0.235 e. The summed E-state index contributed by atoms with van der Waals surface area (Å²) < 4.78 is 7.53. The molecule has 0 fully saturated rings. The van der Waals surface area contributed by atoms with Crippen molar-refractivity contribution in [3.05, 3.63) is 66.0 Å². The van der Waals surface area contributed by atoms with Crippen molar-refractivity contribution in [2.75, 3.05) is 0 Å². The largest absolute Gasteiger partial charge is 0.486 e. The van der Waals surface area contributed by atoms with Crippen molar-refractivity contribution in [3.63, 3.8) is 0 Å². The lowest BCUT2D eigenvalue weighted by Crippen LogP contribution is -2.10. The quantitative estimate of drug-likeness (QED) is 0.525. The van der Waals surface area contributed by atoms with Gasteiger partial charge in [-0.15, -0.1) is 10.2 Å². The van der Waals surface area contributed by atoms with Crippen LogP contribution in [0.2, 0.25) is 0 Å². The van der Waals surface area contributed by atoms with Crippen LogP contribution in [0.5, 0.6) is 5.75 Å². The maximum absolute atomic E-state index is 5.77. The third-order valence-corrected chi connectivity index (χ3v) is 5.11. The first-order valence-electron chi connectivity index (χ1n) is 8.50. The number of para-hydroxylation sites is 1. The molecule has 5 nitrogen and oxygen atoms in total. The van der Waals surface area contributed by atoms with E-state index in [0.717, 1.165) is 21.3 Å². The van der Waals surface area contributed by atoms with E-state index in [0.29, 0.717) is 12.4 Å². The van der Waals surface area contributed by atoms with Gasteiger partial charge in [-0.25, -0.2) is 0 Å². The Morgan fingerprint density at radius 1 is 0.962 bits per heavy atom. The van der Waals surface area contributed by atoms with E-state index in [9.17, 15) is 0 Å². The highest BCUT2D eigenvalue weighted by molar-refractivity contribution is 7.19. The van der Waals surface area contributed by atoms with Crippen molar-refractivity contribution in [2.45, 2.75) is 32.8 Å². The highest BCUT2D eigenvalue weighted by Gasteiger charge is 2.16. The second-order valence-electron chi connectivity index (χ2n) is 7.15. The number of aromatic nitrogens is 4. The summed E-state index contributed by atoms with van der Waals surface area (Å²) in [6, 6.07) is 18.2. The molecule has 2 aromatic carbocycles. The van der Waals surface area contributed by atoms with Crippen molar-refractivity contribution >= 4 is 16.3 Å². The summed E-state index contributed by atoms with van der Waals surface area (Å²) in [6.45, 7) is 6.97. The molecule has 0 aliphatic heterocycles. The molecule has 4 rings (SSSR count). The van der Waals surface area contributed by atoms with Gasteiger partial charge in [-0.2, -0.15) is 9.61 Å². The van der Waals surface area contributed by atoms with Gasteiger partial charge < -0.3 is 4.74 Å². The van der Waals surface area contributed by atoms with Crippen molar-refractivity contribution < 1.29 is 4.74 Å². The van der Waals surface area contributed by atoms with Crippen molar-refractivity contribution in [1.82, 2.24) is 19.8 Å². The van der Waals surface area contributed by atoms with Gasteiger partial charge in [0.05, 0.1) is 0 Å². The molecule has 0 bridgehead atoms. The number of rotatable bonds is 4. The maximum atomic E-state index is 5.77. The average Bonchev–Trinajstić information content (AvgIpc) is 3.21. The van der Waals surface area contributed by atoms with Crippen LogP contribution < -0.4 is 4.74 Å². The Balaban J connectivity index is 1.57. The van der Waals surface area contributed by atoms with E-state index in [-0.39, 0.29) is 5.41 Å². The van der Waals surface area contributed by atoms with E-state index in [1.807, 2.05) is 30.3 Å². The summed E-state index contributed by atoms with van der Waals surface area (Å²) in [4.78, 5) is 0.770. The van der Waals surface area contributed by atoms with Crippen molar-refractivity contribution in [1.29, 1.82) is 0 Å². The predicted molar refractivity (Wildman–Crippen MR) is 104 cm³/mol. The van der Waals surface area contributed by atoms with Crippen LogP contribution in [0, 0.1) is 0 Å². The predicted octanol–water partition coefficient (Wildman–Crippen LogP) is 4.73. The van der Waals surface area contributed by atoms with E-state index in [1.165, 1.54) is 16.9 Å². The van der Waals surface area contributed by atoms with Gasteiger partial charge in [0, 0.05) is 5.56 Å². The third-order valence-electron chi connectivity index (χ3n) is 4.16. The third kappa shape index (κ3) is 3.32. The molecule has 0 aliphatic carbocycles. The average molecular weight is 364 g/mol. The first-order chi connectivity index (χ1) is 12.5. The van der Waals surface area contributed by atoms with E-state index < -0.39 is 0 Å².